The molecule has 1 fully saturated rings. The quantitative estimate of drug-likeness (QED) is 0.764. The monoisotopic (exact) mass is 419 g/mol. The second-order valence-corrected chi connectivity index (χ2v) is 10.6. The highest BCUT2D eigenvalue weighted by atomic mass is 32.2. The van der Waals surface area contributed by atoms with Gasteiger partial charge in [-0.1, -0.05) is 38.1 Å². The molecule has 1 aliphatic rings. The summed E-state index contributed by atoms with van der Waals surface area (Å²) in [6.45, 7) is 12.9. The van der Waals surface area contributed by atoms with Crippen molar-refractivity contribution in [1.82, 2.24) is 14.4 Å². The number of rotatable bonds is 3. The minimum atomic E-state index is -3.63. The van der Waals surface area contributed by atoms with Crippen LogP contribution in [-0.4, -0.2) is 54.9 Å². The Morgan fingerprint density at radius 1 is 1.00 bits per heavy atom. The van der Waals surface area contributed by atoms with Crippen molar-refractivity contribution in [2.45, 2.75) is 51.9 Å². The molecule has 0 radical (unpaired) electrons. The fourth-order valence-corrected chi connectivity index (χ4v) is 5.51. The number of aryl methyl sites for hydroxylation is 3. The first-order valence-corrected chi connectivity index (χ1v) is 11.2. The first-order valence-electron chi connectivity index (χ1n) is 9.76. The van der Waals surface area contributed by atoms with Gasteiger partial charge in [0.25, 0.3) is 5.91 Å². The normalized spacial score (nSPS) is 16.3. The summed E-state index contributed by atoms with van der Waals surface area (Å²) in [5.74, 6) is 0.333. The zero-order valence-electron chi connectivity index (χ0n) is 17.9. The van der Waals surface area contributed by atoms with Gasteiger partial charge in [-0.3, -0.25) is 4.79 Å². The van der Waals surface area contributed by atoms with Gasteiger partial charge in [-0.25, -0.2) is 8.42 Å². The Kier molecular flexibility index (Phi) is 5.62. The van der Waals surface area contributed by atoms with E-state index in [1.54, 1.807) is 17.9 Å². The molecular formula is C21H29N3O4S. The number of sulfonamides is 1. The minimum absolute atomic E-state index is 0.0523. The van der Waals surface area contributed by atoms with E-state index in [1.165, 1.54) is 4.31 Å². The largest absolute Gasteiger partial charge is 0.361 e. The molecule has 158 valence electrons. The standard InChI is InChI=1S/C21H29N3O4S/c1-14-11-17(21(4,5)6)12-15(2)19(14)29(26,27)24-9-7-23(8-10-24)20(25)18-13-16(3)28-22-18/h11-13H,7-10H2,1-6H3. The summed E-state index contributed by atoms with van der Waals surface area (Å²) >= 11 is 0. The highest BCUT2D eigenvalue weighted by Crippen LogP contribution is 2.31. The zero-order chi connectivity index (χ0) is 21.6. The van der Waals surface area contributed by atoms with Crippen molar-refractivity contribution in [3.05, 3.63) is 46.3 Å². The number of aromatic nitrogens is 1. The molecule has 1 amide bonds. The molecule has 0 atom stereocenters. The lowest BCUT2D eigenvalue weighted by atomic mass is 9.85. The average molecular weight is 420 g/mol. The van der Waals surface area contributed by atoms with Gasteiger partial charge in [0.15, 0.2) is 5.69 Å². The van der Waals surface area contributed by atoms with E-state index < -0.39 is 10.0 Å². The van der Waals surface area contributed by atoms with Gasteiger partial charge in [0, 0.05) is 32.2 Å². The third-order valence-corrected chi connectivity index (χ3v) is 7.50. The fourth-order valence-electron chi connectivity index (χ4n) is 3.68. The van der Waals surface area contributed by atoms with E-state index in [1.807, 2.05) is 26.0 Å². The summed E-state index contributed by atoms with van der Waals surface area (Å²) in [6.07, 6.45) is 0. The van der Waals surface area contributed by atoms with Crippen LogP contribution in [0.2, 0.25) is 0 Å². The molecule has 0 aliphatic carbocycles. The molecule has 0 saturated carbocycles. The Hall–Kier alpha value is -2.19. The van der Waals surface area contributed by atoms with Gasteiger partial charge in [0.2, 0.25) is 10.0 Å². The first kappa shape index (κ1) is 21.5. The van der Waals surface area contributed by atoms with E-state index in [4.69, 9.17) is 4.52 Å². The number of hydrogen-bond acceptors (Lipinski definition) is 5. The maximum Gasteiger partial charge on any atom is 0.276 e. The third-order valence-electron chi connectivity index (χ3n) is 5.30. The van der Waals surface area contributed by atoms with E-state index in [-0.39, 0.29) is 30.1 Å². The number of amides is 1. The summed E-state index contributed by atoms with van der Waals surface area (Å²) in [7, 11) is -3.63. The van der Waals surface area contributed by atoms with Crippen LogP contribution in [0.4, 0.5) is 0 Å². The van der Waals surface area contributed by atoms with Crippen molar-refractivity contribution >= 4 is 15.9 Å². The topological polar surface area (TPSA) is 83.7 Å². The van der Waals surface area contributed by atoms with Crippen LogP contribution in [0.1, 0.15) is 53.7 Å². The molecule has 1 saturated heterocycles. The van der Waals surface area contributed by atoms with Gasteiger partial charge in [-0.2, -0.15) is 4.31 Å². The molecule has 29 heavy (non-hydrogen) atoms. The summed E-state index contributed by atoms with van der Waals surface area (Å²) in [6, 6.07) is 5.52. The molecule has 0 spiro atoms. The molecular weight excluding hydrogens is 390 g/mol. The average Bonchev–Trinajstić information content (AvgIpc) is 3.06. The maximum absolute atomic E-state index is 13.3. The van der Waals surface area contributed by atoms with E-state index in [2.05, 4.69) is 25.9 Å². The molecule has 2 aromatic rings. The molecule has 1 aliphatic heterocycles. The first-order chi connectivity index (χ1) is 13.4. The van der Waals surface area contributed by atoms with Crippen molar-refractivity contribution in [3.63, 3.8) is 0 Å². The van der Waals surface area contributed by atoms with Gasteiger partial charge in [-0.15, -0.1) is 0 Å². The Morgan fingerprint density at radius 2 is 1.55 bits per heavy atom. The van der Waals surface area contributed by atoms with E-state index in [0.717, 1.165) is 16.7 Å². The van der Waals surface area contributed by atoms with Crippen LogP contribution in [0.25, 0.3) is 0 Å². The van der Waals surface area contributed by atoms with Crippen molar-refractivity contribution in [2.24, 2.45) is 0 Å². The molecule has 7 nitrogen and oxygen atoms in total. The van der Waals surface area contributed by atoms with Crippen LogP contribution in [0.15, 0.2) is 27.6 Å². The van der Waals surface area contributed by atoms with Crippen LogP contribution < -0.4 is 0 Å². The molecule has 1 aromatic heterocycles. The molecule has 3 rings (SSSR count). The zero-order valence-corrected chi connectivity index (χ0v) is 18.8. The minimum Gasteiger partial charge on any atom is -0.361 e. The highest BCUT2D eigenvalue weighted by molar-refractivity contribution is 7.89. The molecule has 0 bridgehead atoms. The van der Waals surface area contributed by atoms with E-state index in [0.29, 0.717) is 23.7 Å². The molecule has 8 heteroatoms. The predicted octanol–water partition coefficient (Wildman–Crippen LogP) is 3.04. The van der Waals surface area contributed by atoms with Gasteiger partial charge >= 0.3 is 0 Å². The number of carbonyl (C=O) groups is 1. The number of carbonyl (C=O) groups excluding carboxylic acids is 1. The van der Waals surface area contributed by atoms with Crippen LogP contribution in [0.3, 0.4) is 0 Å². The fraction of sp³-hybridized carbons (Fsp3) is 0.524. The maximum atomic E-state index is 13.3. The summed E-state index contributed by atoms with van der Waals surface area (Å²) in [5.41, 5.74) is 2.83. The summed E-state index contributed by atoms with van der Waals surface area (Å²) in [4.78, 5) is 14.5. The van der Waals surface area contributed by atoms with Gasteiger partial charge in [0.05, 0.1) is 4.90 Å². The van der Waals surface area contributed by atoms with Crippen LogP contribution >= 0.6 is 0 Å². The molecule has 0 unspecified atom stereocenters. The number of piperazine rings is 1. The third kappa shape index (κ3) is 4.23. The highest BCUT2D eigenvalue weighted by Gasteiger charge is 2.33. The second kappa shape index (κ2) is 7.57. The van der Waals surface area contributed by atoms with Crippen LogP contribution in [0.5, 0.6) is 0 Å². The second-order valence-electron chi connectivity index (χ2n) is 8.71. The van der Waals surface area contributed by atoms with Crippen molar-refractivity contribution < 1.29 is 17.7 Å². The van der Waals surface area contributed by atoms with Crippen LogP contribution in [-0.2, 0) is 15.4 Å². The molecule has 1 aromatic carbocycles. The van der Waals surface area contributed by atoms with E-state index in [9.17, 15) is 13.2 Å². The predicted molar refractivity (Wildman–Crippen MR) is 111 cm³/mol. The van der Waals surface area contributed by atoms with Crippen LogP contribution in [0, 0.1) is 20.8 Å². The van der Waals surface area contributed by atoms with Crippen molar-refractivity contribution in [1.29, 1.82) is 0 Å². The molecule has 0 N–H and O–H groups in total. The Morgan fingerprint density at radius 3 is 2.00 bits per heavy atom. The molecule has 2 heterocycles. The SMILES string of the molecule is Cc1cc(C(=O)N2CCN(S(=O)(=O)c3c(C)cc(C(C)(C)C)cc3C)CC2)no1. The number of hydrogen-bond donors (Lipinski definition) is 0. The van der Waals surface area contributed by atoms with Crippen molar-refractivity contribution in [2.75, 3.05) is 26.2 Å². The van der Waals surface area contributed by atoms with Gasteiger partial charge in [0.1, 0.15) is 5.76 Å². The smallest absolute Gasteiger partial charge is 0.276 e. The Bertz CT molecular complexity index is 1000. The number of nitrogens with zero attached hydrogens (tertiary/aromatic N) is 3. The summed E-state index contributed by atoms with van der Waals surface area (Å²) < 4.78 is 33.1. The van der Waals surface area contributed by atoms with Gasteiger partial charge < -0.3 is 9.42 Å². The number of benzene rings is 1. The van der Waals surface area contributed by atoms with Gasteiger partial charge in [-0.05, 0) is 42.9 Å². The Balaban J connectivity index is 1.79. The lowest BCUT2D eigenvalue weighted by Crippen LogP contribution is -2.50. The summed E-state index contributed by atoms with van der Waals surface area (Å²) in [5, 5.41) is 3.76. The van der Waals surface area contributed by atoms with E-state index >= 15 is 0 Å². The lowest BCUT2D eigenvalue weighted by Gasteiger charge is -2.34. The lowest BCUT2D eigenvalue weighted by molar-refractivity contribution is 0.0687. The van der Waals surface area contributed by atoms with Crippen molar-refractivity contribution in [3.8, 4) is 0 Å². The Labute approximate surface area is 172 Å².